The van der Waals surface area contributed by atoms with Gasteiger partial charge in [-0.05, 0) is 42.5 Å². The molecule has 3 heterocycles. The Hall–Kier alpha value is -4.17. The van der Waals surface area contributed by atoms with Crippen molar-refractivity contribution in [3.05, 3.63) is 84.6 Å². The van der Waals surface area contributed by atoms with Gasteiger partial charge in [-0.3, -0.25) is 5.43 Å². The van der Waals surface area contributed by atoms with Crippen LogP contribution in [0.2, 0.25) is 0 Å². The first-order chi connectivity index (χ1) is 16.3. The minimum Gasteiger partial charge on any atom is -0.486 e. The quantitative estimate of drug-likeness (QED) is 0.286. The van der Waals surface area contributed by atoms with Gasteiger partial charge in [0.15, 0.2) is 11.5 Å². The molecule has 0 spiro atoms. The summed E-state index contributed by atoms with van der Waals surface area (Å²) in [4.78, 5) is 4.57. The van der Waals surface area contributed by atoms with Gasteiger partial charge in [-0.15, -0.1) is 0 Å². The molecule has 0 bridgehead atoms. The zero-order valence-corrected chi connectivity index (χ0v) is 18.3. The summed E-state index contributed by atoms with van der Waals surface area (Å²) in [6.45, 7) is 1.10. The van der Waals surface area contributed by atoms with Gasteiger partial charge >= 0.3 is 0 Å². The first kappa shape index (κ1) is 19.5. The van der Waals surface area contributed by atoms with E-state index < -0.39 is 0 Å². The molecule has 0 atom stereocenters. The van der Waals surface area contributed by atoms with Crippen molar-refractivity contribution in [2.45, 2.75) is 0 Å². The van der Waals surface area contributed by atoms with E-state index in [0.717, 1.165) is 49.4 Å². The molecule has 1 aliphatic heterocycles. The molecule has 8 heteroatoms. The standard InChI is InChI=1S/C25H19N5O2S/c1-2-6-19(7-3-1)30-16-18(15-26-28-25-27-20-8-4-5-9-23(20)33-25)24(29-30)17-10-11-21-22(14-17)32-13-12-31-21/h1-11,14-16H,12-13H2,(H,27,28). The van der Waals surface area contributed by atoms with Crippen molar-refractivity contribution < 1.29 is 9.47 Å². The average Bonchev–Trinajstić information content (AvgIpc) is 3.48. The van der Waals surface area contributed by atoms with Crippen LogP contribution in [0.3, 0.4) is 0 Å². The van der Waals surface area contributed by atoms with Crippen molar-refractivity contribution in [2.24, 2.45) is 5.10 Å². The van der Waals surface area contributed by atoms with Crippen molar-refractivity contribution >= 4 is 32.9 Å². The largest absolute Gasteiger partial charge is 0.486 e. The number of aromatic nitrogens is 3. The van der Waals surface area contributed by atoms with Crippen LogP contribution in [0.25, 0.3) is 27.2 Å². The molecule has 6 rings (SSSR count). The zero-order chi connectivity index (χ0) is 22.0. The molecule has 1 aliphatic rings. The van der Waals surface area contributed by atoms with Crippen LogP contribution in [0.4, 0.5) is 5.13 Å². The van der Waals surface area contributed by atoms with Crippen LogP contribution < -0.4 is 14.9 Å². The fourth-order valence-electron chi connectivity index (χ4n) is 3.69. The van der Waals surface area contributed by atoms with Crippen LogP contribution in [0, 0.1) is 0 Å². The van der Waals surface area contributed by atoms with Gasteiger partial charge in [0.1, 0.15) is 18.9 Å². The number of fused-ring (bicyclic) bond motifs is 2. The predicted octanol–water partition coefficient (Wildman–Crippen LogP) is 5.37. The van der Waals surface area contributed by atoms with Crippen LogP contribution in [-0.2, 0) is 0 Å². The third kappa shape index (κ3) is 3.92. The molecule has 162 valence electrons. The Morgan fingerprint density at radius 2 is 1.76 bits per heavy atom. The van der Waals surface area contributed by atoms with E-state index in [2.05, 4.69) is 15.5 Å². The van der Waals surface area contributed by atoms with Gasteiger partial charge in [-0.25, -0.2) is 9.67 Å². The number of ether oxygens (including phenoxy) is 2. The molecule has 0 aliphatic carbocycles. The molecular weight excluding hydrogens is 434 g/mol. The lowest BCUT2D eigenvalue weighted by atomic mass is 10.1. The average molecular weight is 454 g/mol. The summed E-state index contributed by atoms with van der Waals surface area (Å²) in [5.41, 5.74) is 7.56. The molecule has 1 N–H and O–H groups in total. The number of rotatable bonds is 5. The molecule has 5 aromatic rings. The molecule has 33 heavy (non-hydrogen) atoms. The number of hydrazone groups is 1. The molecule has 0 amide bonds. The molecule has 0 unspecified atom stereocenters. The topological polar surface area (TPSA) is 73.6 Å². The van der Waals surface area contributed by atoms with Crippen molar-refractivity contribution in [1.82, 2.24) is 14.8 Å². The lowest BCUT2D eigenvalue weighted by molar-refractivity contribution is 0.171. The van der Waals surface area contributed by atoms with Gasteiger partial charge in [0.2, 0.25) is 5.13 Å². The predicted molar refractivity (Wildman–Crippen MR) is 131 cm³/mol. The number of benzene rings is 3. The number of para-hydroxylation sites is 2. The van der Waals surface area contributed by atoms with E-state index in [-0.39, 0.29) is 0 Å². The fraction of sp³-hybridized carbons (Fsp3) is 0.0800. The lowest BCUT2D eigenvalue weighted by Gasteiger charge is -2.18. The zero-order valence-electron chi connectivity index (χ0n) is 17.5. The molecule has 0 saturated heterocycles. The molecule has 7 nitrogen and oxygen atoms in total. The molecule has 0 fully saturated rings. The minimum absolute atomic E-state index is 0.537. The number of thiazole rings is 1. The van der Waals surface area contributed by atoms with Crippen LogP contribution in [0.5, 0.6) is 11.5 Å². The third-order valence-electron chi connectivity index (χ3n) is 5.24. The van der Waals surface area contributed by atoms with Crippen molar-refractivity contribution in [1.29, 1.82) is 0 Å². The summed E-state index contributed by atoms with van der Waals surface area (Å²) in [6, 6.07) is 23.9. The van der Waals surface area contributed by atoms with Crippen molar-refractivity contribution in [2.75, 3.05) is 18.6 Å². The highest BCUT2D eigenvalue weighted by atomic mass is 32.1. The number of anilines is 1. The first-order valence-corrected chi connectivity index (χ1v) is 11.3. The van der Waals surface area contributed by atoms with Crippen LogP contribution >= 0.6 is 11.3 Å². The van der Waals surface area contributed by atoms with E-state index in [9.17, 15) is 0 Å². The minimum atomic E-state index is 0.537. The molecule has 3 aromatic carbocycles. The van der Waals surface area contributed by atoms with E-state index in [0.29, 0.717) is 13.2 Å². The Kier molecular flexibility index (Phi) is 4.97. The van der Waals surface area contributed by atoms with E-state index in [1.165, 1.54) is 0 Å². The van der Waals surface area contributed by atoms with Gasteiger partial charge in [0.25, 0.3) is 0 Å². The SMILES string of the molecule is C(=NNc1nc2ccccc2s1)c1cn(-c2ccccc2)nc1-c1ccc2c(c1)OCCO2. The van der Waals surface area contributed by atoms with E-state index in [1.807, 2.05) is 83.7 Å². The third-order valence-corrected chi connectivity index (χ3v) is 6.18. The Bertz CT molecular complexity index is 1430. The maximum absolute atomic E-state index is 5.77. The van der Waals surface area contributed by atoms with Crippen molar-refractivity contribution in [3.63, 3.8) is 0 Å². The van der Waals surface area contributed by atoms with Crippen molar-refractivity contribution in [3.8, 4) is 28.4 Å². The van der Waals surface area contributed by atoms with E-state index in [1.54, 1.807) is 17.6 Å². The highest BCUT2D eigenvalue weighted by Crippen LogP contribution is 2.35. The second-order valence-electron chi connectivity index (χ2n) is 7.43. The van der Waals surface area contributed by atoms with E-state index >= 15 is 0 Å². The smallest absolute Gasteiger partial charge is 0.204 e. The molecule has 0 saturated carbocycles. The maximum Gasteiger partial charge on any atom is 0.204 e. The fourth-order valence-corrected chi connectivity index (χ4v) is 4.50. The van der Waals surface area contributed by atoms with Gasteiger partial charge in [-0.2, -0.15) is 10.2 Å². The Labute approximate surface area is 193 Å². The number of hydrogen-bond acceptors (Lipinski definition) is 7. The number of nitrogens with one attached hydrogen (secondary N) is 1. The summed E-state index contributed by atoms with van der Waals surface area (Å²) in [5.74, 6) is 1.48. The van der Waals surface area contributed by atoms with Gasteiger partial charge < -0.3 is 9.47 Å². The summed E-state index contributed by atoms with van der Waals surface area (Å²) in [5, 5.41) is 10.0. The van der Waals surface area contributed by atoms with Gasteiger partial charge in [-0.1, -0.05) is 41.7 Å². The Morgan fingerprint density at radius 1 is 0.939 bits per heavy atom. The second kappa shape index (κ2) is 8.40. The monoisotopic (exact) mass is 453 g/mol. The van der Waals surface area contributed by atoms with Gasteiger partial charge in [0, 0.05) is 17.3 Å². The highest BCUT2D eigenvalue weighted by molar-refractivity contribution is 7.22. The molecule has 2 aromatic heterocycles. The van der Waals surface area contributed by atoms with Crippen LogP contribution in [0.15, 0.2) is 84.1 Å². The summed E-state index contributed by atoms with van der Waals surface area (Å²) >= 11 is 1.56. The number of hydrogen-bond donors (Lipinski definition) is 1. The Balaban J connectivity index is 1.35. The Morgan fingerprint density at radius 3 is 2.64 bits per heavy atom. The summed E-state index contributed by atoms with van der Waals surface area (Å²) < 4.78 is 14.4. The highest BCUT2D eigenvalue weighted by Gasteiger charge is 2.16. The van der Waals surface area contributed by atoms with Gasteiger partial charge in [0.05, 0.1) is 22.1 Å². The molecule has 0 radical (unpaired) electrons. The lowest BCUT2D eigenvalue weighted by Crippen LogP contribution is -2.15. The summed E-state index contributed by atoms with van der Waals surface area (Å²) in [6.07, 6.45) is 3.73. The summed E-state index contributed by atoms with van der Waals surface area (Å²) in [7, 11) is 0. The van der Waals surface area contributed by atoms with E-state index in [4.69, 9.17) is 14.6 Å². The van der Waals surface area contributed by atoms with Crippen LogP contribution in [-0.4, -0.2) is 34.2 Å². The second-order valence-corrected chi connectivity index (χ2v) is 8.46. The number of nitrogens with zero attached hydrogens (tertiary/aromatic N) is 4. The normalized spacial score (nSPS) is 13.0. The molecular formula is C25H19N5O2S. The van der Waals surface area contributed by atoms with Crippen LogP contribution in [0.1, 0.15) is 5.56 Å². The maximum atomic E-state index is 5.77. The first-order valence-electron chi connectivity index (χ1n) is 10.5.